The highest BCUT2D eigenvalue weighted by Crippen LogP contribution is 2.24. The van der Waals surface area contributed by atoms with E-state index < -0.39 is 10.0 Å². The lowest BCUT2D eigenvalue weighted by atomic mass is 10.1. The average molecular weight is 412 g/mol. The Morgan fingerprint density at radius 3 is 2.41 bits per heavy atom. The molecular formula is C18H26ClN5O2S. The van der Waals surface area contributed by atoms with Gasteiger partial charge < -0.3 is 4.90 Å². The molecule has 2 aromatic rings. The van der Waals surface area contributed by atoms with Gasteiger partial charge in [-0.05, 0) is 37.0 Å². The third-order valence-corrected chi connectivity index (χ3v) is 5.15. The zero-order valence-corrected chi connectivity index (χ0v) is 17.9. The van der Waals surface area contributed by atoms with Crippen molar-refractivity contribution in [3.8, 4) is 0 Å². The van der Waals surface area contributed by atoms with Gasteiger partial charge in [-0.15, -0.1) is 4.40 Å². The van der Waals surface area contributed by atoms with E-state index in [9.17, 15) is 8.42 Å². The van der Waals surface area contributed by atoms with Gasteiger partial charge in [0.15, 0.2) is 10.8 Å². The smallest absolute Gasteiger partial charge is 0.304 e. The number of allylic oxidation sites excluding steroid dienone is 1. The zero-order valence-electron chi connectivity index (χ0n) is 16.3. The number of aromatic nitrogens is 3. The molecule has 7 nitrogen and oxygen atoms in total. The van der Waals surface area contributed by atoms with Crippen LogP contribution in [0.15, 0.2) is 27.6 Å². The molecule has 0 aliphatic heterocycles. The number of fused-ring (bicyclic) bond motifs is 1. The molecule has 0 N–H and O–H groups in total. The van der Waals surface area contributed by atoms with Gasteiger partial charge in [-0.2, -0.15) is 18.0 Å². The third-order valence-electron chi connectivity index (χ3n) is 3.55. The summed E-state index contributed by atoms with van der Waals surface area (Å²) in [6.07, 6.45) is 4.95. The molecule has 0 aliphatic carbocycles. The van der Waals surface area contributed by atoms with Gasteiger partial charge in [0.25, 0.3) is 0 Å². The lowest BCUT2D eigenvalue weighted by molar-refractivity contribution is 0.336. The van der Waals surface area contributed by atoms with E-state index in [-0.39, 0.29) is 10.2 Å². The summed E-state index contributed by atoms with van der Waals surface area (Å²) in [4.78, 5) is 5.99. The lowest BCUT2D eigenvalue weighted by Gasteiger charge is -2.23. The van der Waals surface area contributed by atoms with Gasteiger partial charge in [-0.25, -0.2) is 4.98 Å². The van der Waals surface area contributed by atoms with Crippen LogP contribution in [-0.4, -0.2) is 47.3 Å². The average Bonchev–Trinajstić information content (AvgIpc) is 2.88. The molecule has 9 heteroatoms. The van der Waals surface area contributed by atoms with E-state index in [0.717, 1.165) is 0 Å². The van der Waals surface area contributed by atoms with Crippen LogP contribution in [0.5, 0.6) is 0 Å². The molecular weight excluding hydrogens is 386 g/mol. The van der Waals surface area contributed by atoms with Crippen molar-refractivity contribution in [1.29, 1.82) is 0 Å². The largest absolute Gasteiger partial charge is 0.361 e. The molecule has 0 aromatic carbocycles. The van der Waals surface area contributed by atoms with Gasteiger partial charge in [0.2, 0.25) is 5.03 Å². The Kier molecular flexibility index (Phi) is 7.00. The first-order valence-electron chi connectivity index (χ1n) is 8.86. The molecule has 148 valence electrons. The van der Waals surface area contributed by atoms with Crippen LogP contribution < -0.4 is 0 Å². The molecule has 0 atom stereocenters. The maximum absolute atomic E-state index is 12.8. The maximum Gasteiger partial charge on any atom is 0.304 e. The monoisotopic (exact) mass is 411 g/mol. The van der Waals surface area contributed by atoms with Crippen LogP contribution in [0.1, 0.15) is 40.3 Å². The van der Waals surface area contributed by atoms with E-state index >= 15 is 0 Å². The minimum absolute atomic E-state index is 0.142. The molecule has 2 aromatic heterocycles. The predicted molar refractivity (Wildman–Crippen MR) is 110 cm³/mol. The fraction of sp³-hybridized carbons (Fsp3) is 0.500. The first kappa shape index (κ1) is 21.4. The van der Waals surface area contributed by atoms with Gasteiger partial charge in [0.1, 0.15) is 6.34 Å². The number of imidazole rings is 1. The van der Waals surface area contributed by atoms with Gasteiger partial charge in [0.05, 0.1) is 5.69 Å². The van der Waals surface area contributed by atoms with Crippen molar-refractivity contribution >= 4 is 39.7 Å². The van der Waals surface area contributed by atoms with Crippen LogP contribution >= 0.6 is 11.6 Å². The minimum Gasteiger partial charge on any atom is -0.361 e. The highest BCUT2D eigenvalue weighted by molar-refractivity contribution is 7.90. The molecule has 0 unspecified atom stereocenters. The molecule has 27 heavy (non-hydrogen) atoms. The van der Waals surface area contributed by atoms with Gasteiger partial charge in [-0.3, -0.25) is 0 Å². The van der Waals surface area contributed by atoms with Crippen molar-refractivity contribution in [1.82, 2.24) is 19.5 Å². The number of rotatable bonds is 8. The van der Waals surface area contributed by atoms with Crippen LogP contribution in [0.4, 0.5) is 0 Å². The van der Waals surface area contributed by atoms with E-state index in [1.807, 2.05) is 17.9 Å². The van der Waals surface area contributed by atoms with Gasteiger partial charge >= 0.3 is 10.0 Å². The van der Waals surface area contributed by atoms with E-state index in [1.54, 1.807) is 18.2 Å². The molecule has 0 bridgehead atoms. The lowest BCUT2D eigenvalue weighted by Crippen LogP contribution is -2.30. The van der Waals surface area contributed by atoms with Crippen molar-refractivity contribution < 1.29 is 8.42 Å². The zero-order chi connectivity index (χ0) is 20.2. The number of halogens is 1. The maximum atomic E-state index is 12.8. The predicted octanol–water partition coefficient (Wildman–Crippen LogP) is 3.75. The Balaban J connectivity index is 2.45. The van der Waals surface area contributed by atoms with Gasteiger partial charge in [-0.1, -0.05) is 45.4 Å². The molecule has 0 saturated carbocycles. The first-order chi connectivity index (χ1) is 12.6. The Hall–Kier alpha value is -1.93. The number of hydrogen-bond donors (Lipinski definition) is 0. The standard InChI is InChI=1S/C18H26ClN5O2S/c1-6-7-15-8-9-16-21-17(19)18(24(16)22-15)27(25,26)20-12-23(10-13(2)3)11-14(4)5/h6-9,12-14H,10-11H2,1-5H3/b7-6-,20-12-. The van der Waals surface area contributed by atoms with Crippen LogP contribution in [-0.2, 0) is 10.0 Å². The Bertz CT molecular complexity index is 938. The fourth-order valence-electron chi connectivity index (χ4n) is 2.66. The summed E-state index contributed by atoms with van der Waals surface area (Å²) in [7, 11) is -4.06. The summed E-state index contributed by atoms with van der Waals surface area (Å²) < 4.78 is 30.8. The second-order valence-corrected chi connectivity index (χ2v) is 9.08. The normalized spacial score (nSPS) is 13.0. The Morgan fingerprint density at radius 1 is 1.22 bits per heavy atom. The highest BCUT2D eigenvalue weighted by Gasteiger charge is 2.25. The molecule has 2 rings (SSSR count). The molecule has 0 fully saturated rings. The molecule has 0 spiro atoms. The summed E-state index contributed by atoms with van der Waals surface area (Å²) in [6.45, 7) is 11.6. The van der Waals surface area contributed by atoms with Crippen LogP contribution in [0, 0.1) is 11.8 Å². The summed E-state index contributed by atoms with van der Waals surface area (Å²) in [5, 5.41) is 3.92. The van der Waals surface area contributed by atoms with Crippen molar-refractivity contribution in [3.63, 3.8) is 0 Å². The van der Waals surface area contributed by atoms with Gasteiger partial charge in [0, 0.05) is 13.1 Å². The summed E-state index contributed by atoms with van der Waals surface area (Å²) in [5.41, 5.74) is 0.948. The second kappa shape index (κ2) is 8.84. The van der Waals surface area contributed by atoms with Crippen LogP contribution in [0.3, 0.4) is 0 Å². The molecule has 0 radical (unpaired) electrons. The molecule has 2 heterocycles. The van der Waals surface area contributed by atoms with Crippen molar-refractivity contribution in [3.05, 3.63) is 29.1 Å². The molecule has 0 saturated heterocycles. The van der Waals surface area contributed by atoms with Crippen molar-refractivity contribution in [2.45, 2.75) is 39.6 Å². The molecule has 0 amide bonds. The Labute approximate surface area is 165 Å². The van der Waals surface area contributed by atoms with Crippen LogP contribution in [0.2, 0.25) is 5.15 Å². The summed E-state index contributed by atoms with van der Waals surface area (Å²) in [5.74, 6) is 0.754. The van der Waals surface area contributed by atoms with E-state index in [2.05, 4.69) is 42.2 Å². The number of nitrogens with zero attached hydrogens (tertiary/aromatic N) is 5. The quantitative estimate of drug-likeness (QED) is 0.488. The van der Waals surface area contributed by atoms with E-state index in [0.29, 0.717) is 36.3 Å². The number of sulfonamides is 1. The number of hydrogen-bond acceptors (Lipinski definition) is 4. The first-order valence-corrected chi connectivity index (χ1v) is 10.7. The summed E-state index contributed by atoms with van der Waals surface area (Å²) in [6, 6.07) is 3.41. The minimum atomic E-state index is -4.06. The Morgan fingerprint density at radius 2 is 1.85 bits per heavy atom. The summed E-state index contributed by atoms with van der Waals surface area (Å²) >= 11 is 6.11. The topological polar surface area (TPSA) is 79.9 Å². The molecule has 0 aliphatic rings. The van der Waals surface area contributed by atoms with Crippen LogP contribution in [0.25, 0.3) is 11.7 Å². The van der Waals surface area contributed by atoms with E-state index in [1.165, 1.54) is 10.9 Å². The third kappa shape index (κ3) is 5.52. The van der Waals surface area contributed by atoms with Crippen molar-refractivity contribution in [2.75, 3.05) is 13.1 Å². The SMILES string of the molecule is C/C=C\c1ccc2nc(Cl)c(S(=O)(=O)/N=C\N(CC(C)C)CC(C)C)n2n1. The van der Waals surface area contributed by atoms with E-state index in [4.69, 9.17) is 11.6 Å². The second-order valence-electron chi connectivity index (χ2n) is 7.17. The highest BCUT2D eigenvalue weighted by atomic mass is 35.5. The fourth-order valence-corrected chi connectivity index (χ4v) is 4.09. The van der Waals surface area contributed by atoms with Crippen molar-refractivity contribution in [2.24, 2.45) is 16.2 Å².